The summed E-state index contributed by atoms with van der Waals surface area (Å²) in [6.45, 7) is 6.45. The van der Waals surface area contributed by atoms with Gasteiger partial charge in [-0.3, -0.25) is 0 Å². The van der Waals surface area contributed by atoms with E-state index in [-0.39, 0.29) is 4.75 Å². The van der Waals surface area contributed by atoms with E-state index in [4.69, 9.17) is 12.6 Å². The van der Waals surface area contributed by atoms with Crippen molar-refractivity contribution in [2.45, 2.75) is 38.4 Å². The molecule has 0 saturated heterocycles. The average Bonchev–Trinajstić information content (AvgIpc) is 1.78. The highest BCUT2D eigenvalue weighted by atomic mass is 32.2. The summed E-state index contributed by atoms with van der Waals surface area (Å²) in [6, 6.07) is 0. The molecule has 0 aromatic heterocycles. The Labute approximate surface area is 74.6 Å². The molecule has 0 spiro atoms. The third kappa shape index (κ3) is 8.70. The Balaban J connectivity index is 3.04. The SMILES string of the molecule is CCCCSCC(C)(C)[S]. The van der Waals surface area contributed by atoms with Crippen molar-refractivity contribution in [1.82, 2.24) is 0 Å². The number of thioether (sulfide) groups is 1. The molecule has 0 aromatic carbocycles. The van der Waals surface area contributed by atoms with Crippen LogP contribution >= 0.6 is 24.4 Å². The third-order valence-electron chi connectivity index (χ3n) is 1.09. The van der Waals surface area contributed by atoms with Crippen LogP contribution in [0.25, 0.3) is 0 Å². The van der Waals surface area contributed by atoms with Crippen LogP contribution in [0, 0.1) is 0 Å². The van der Waals surface area contributed by atoms with Crippen LogP contribution in [0.2, 0.25) is 0 Å². The van der Waals surface area contributed by atoms with E-state index in [1.165, 1.54) is 18.6 Å². The molecule has 0 atom stereocenters. The topological polar surface area (TPSA) is 0 Å². The van der Waals surface area contributed by atoms with E-state index >= 15 is 0 Å². The quantitative estimate of drug-likeness (QED) is 0.579. The Morgan fingerprint density at radius 2 is 2.00 bits per heavy atom. The zero-order valence-electron chi connectivity index (χ0n) is 7.14. The molecule has 2 heteroatoms. The molecule has 0 bridgehead atoms. The van der Waals surface area contributed by atoms with Gasteiger partial charge >= 0.3 is 0 Å². The average molecular weight is 177 g/mol. The van der Waals surface area contributed by atoms with E-state index in [1.807, 2.05) is 11.8 Å². The van der Waals surface area contributed by atoms with Crippen LogP contribution in [0.15, 0.2) is 0 Å². The minimum absolute atomic E-state index is 0.0956. The summed E-state index contributed by atoms with van der Waals surface area (Å²) < 4.78 is 0.0956. The lowest BCUT2D eigenvalue weighted by molar-refractivity contribution is 0.821. The summed E-state index contributed by atoms with van der Waals surface area (Å²) in [4.78, 5) is 0. The molecule has 0 aliphatic heterocycles. The maximum absolute atomic E-state index is 5.21. The maximum Gasteiger partial charge on any atom is 0.0297 e. The summed E-state index contributed by atoms with van der Waals surface area (Å²) in [5.74, 6) is 2.39. The largest absolute Gasteiger partial charge is 0.161 e. The summed E-state index contributed by atoms with van der Waals surface area (Å²) in [7, 11) is 0. The first kappa shape index (κ1) is 10.7. The first-order chi connectivity index (χ1) is 4.56. The van der Waals surface area contributed by atoms with Crippen molar-refractivity contribution in [3.8, 4) is 0 Å². The highest BCUT2D eigenvalue weighted by molar-refractivity contribution is 8.00. The lowest BCUT2D eigenvalue weighted by Gasteiger charge is -2.14. The van der Waals surface area contributed by atoms with Crippen molar-refractivity contribution >= 4 is 24.4 Å². The molecular weight excluding hydrogens is 160 g/mol. The summed E-state index contributed by atoms with van der Waals surface area (Å²) >= 11 is 7.19. The second kappa shape index (κ2) is 5.36. The van der Waals surface area contributed by atoms with E-state index in [2.05, 4.69) is 20.8 Å². The predicted octanol–water partition coefficient (Wildman–Crippen LogP) is 3.50. The normalized spacial score (nSPS) is 12.0. The van der Waals surface area contributed by atoms with Crippen LogP contribution in [0.3, 0.4) is 0 Å². The minimum atomic E-state index is 0.0956. The Morgan fingerprint density at radius 1 is 1.40 bits per heavy atom. The minimum Gasteiger partial charge on any atom is -0.161 e. The fraction of sp³-hybridized carbons (Fsp3) is 1.00. The van der Waals surface area contributed by atoms with Gasteiger partial charge in [-0.15, -0.1) is 0 Å². The van der Waals surface area contributed by atoms with Gasteiger partial charge < -0.3 is 0 Å². The number of unbranched alkanes of at least 4 members (excludes halogenated alkanes) is 1. The monoisotopic (exact) mass is 177 g/mol. The van der Waals surface area contributed by atoms with Crippen molar-refractivity contribution in [2.24, 2.45) is 0 Å². The zero-order chi connectivity index (χ0) is 8.04. The van der Waals surface area contributed by atoms with Crippen LogP contribution in [-0.4, -0.2) is 16.3 Å². The van der Waals surface area contributed by atoms with E-state index in [0.717, 1.165) is 5.75 Å². The van der Waals surface area contributed by atoms with Gasteiger partial charge in [0.15, 0.2) is 0 Å². The van der Waals surface area contributed by atoms with Crippen LogP contribution in [-0.2, 0) is 0 Å². The first-order valence-corrected chi connectivity index (χ1v) is 5.41. The smallest absolute Gasteiger partial charge is 0.0297 e. The molecule has 61 valence electrons. The van der Waals surface area contributed by atoms with Crippen molar-refractivity contribution in [3.05, 3.63) is 0 Å². The lowest BCUT2D eigenvalue weighted by atomic mass is 10.2. The van der Waals surface area contributed by atoms with E-state index in [1.54, 1.807) is 0 Å². The van der Waals surface area contributed by atoms with Crippen LogP contribution < -0.4 is 0 Å². The molecule has 0 rings (SSSR count). The Kier molecular flexibility index (Phi) is 5.74. The fourth-order valence-corrected chi connectivity index (χ4v) is 1.94. The molecule has 0 saturated carbocycles. The summed E-state index contributed by atoms with van der Waals surface area (Å²) in [5.41, 5.74) is 0. The van der Waals surface area contributed by atoms with Gasteiger partial charge in [0.25, 0.3) is 0 Å². The van der Waals surface area contributed by atoms with Crippen molar-refractivity contribution in [1.29, 1.82) is 0 Å². The van der Waals surface area contributed by atoms with Gasteiger partial charge in [0, 0.05) is 10.5 Å². The van der Waals surface area contributed by atoms with E-state index in [9.17, 15) is 0 Å². The number of rotatable bonds is 5. The zero-order valence-corrected chi connectivity index (χ0v) is 8.78. The molecule has 0 aliphatic carbocycles. The first-order valence-electron chi connectivity index (χ1n) is 3.84. The van der Waals surface area contributed by atoms with Crippen molar-refractivity contribution in [2.75, 3.05) is 11.5 Å². The molecule has 10 heavy (non-hydrogen) atoms. The molecule has 0 unspecified atom stereocenters. The summed E-state index contributed by atoms with van der Waals surface area (Å²) in [5, 5.41) is 0. The molecule has 0 aromatic rings. The van der Waals surface area contributed by atoms with Gasteiger partial charge in [0.05, 0.1) is 0 Å². The third-order valence-corrected chi connectivity index (χ3v) is 2.92. The van der Waals surface area contributed by atoms with Gasteiger partial charge in [0.1, 0.15) is 0 Å². The molecule has 0 fully saturated rings. The highest BCUT2D eigenvalue weighted by Gasteiger charge is 2.11. The molecule has 0 nitrogen and oxygen atoms in total. The molecule has 0 heterocycles. The van der Waals surface area contributed by atoms with Crippen LogP contribution in [0.4, 0.5) is 0 Å². The Bertz CT molecular complexity index is 73.8. The van der Waals surface area contributed by atoms with Gasteiger partial charge in [-0.25, -0.2) is 0 Å². The molecule has 0 N–H and O–H groups in total. The fourth-order valence-electron chi connectivity index (χ4n) is 0.564. The van der Waals surface area contributed by atoms with E-state index < -0.39 is 0 Å². The summed E-state index contributed by atoms with van der Waals surface area (Å²) in [6.07, 6.45) is 2.63. The Hall–Kier alpha value is 0.700. The van der Waals surface area contributed by atoms with Gasteiger partial charge in [-0.2, -0.15) is 11.8 Å². The standard InChI is InChI=1S/C8H17S2/c1-4-5-6-10-7-8(2,3)9/h4-7H2,1-3H3. The van der Waals surface area contributed by atoms with Crippen molar-refractivity contribution in [3.63, 3.8) is 0 Å². The van der Waals surface area contributed by atoms with Gasteiger partial charge in [-0.1, -0.05) is 26.0 Å². The molecular formula is C8H17S2. The molecule has 1 radical (unpaired) electrons. The number of hydrogen-bond acceptors (Lipinski definition) is 1. The van der Waals surface area contributed by atoms with E-state index in [0.29, 0.717) is 0 Å². The maximum atomic E-state index is 5.21. The lowest BCUT2D eigenvalue weighted by Crippen LogP contribution is -2.13. The second-order valence-corrected chi connectivity index (χ2v) is 5.38. The predicted molar refractivity (Wildman–Crippen MR) is 53.9 cm³/mol. The van der Waals surface area contributed by atoms with Crippen molar-refractivity contribution < 1.29 is 0 Å². The second-order valence-electron chi connectivity index (χ2n) is 3.17. The molecule has 0 aliphatic rings. The van der Waals surface area contributed by atoms with Crippen LogP contribution in [0.5, 0.6) is 0 Å². The van der Waals surface area contributed by atoms with Crippen LogP contribution in [0.1, 0.15) is 33.6 Å². The number of hydrogen-bond donors (Lipinski definition) is 0. The van der Waals surface area contributed by atoms with Gasteiger partial charge in [0.2, 0.25) is 0 Å². The highest BCUT2D eigenvalue weighted by Crippen LogP contribution is 2.19. The van der Waals surface area contributed by atoms with Gasteiger partial charge in [-0.05, 0) is 26.0 Å². The Morgan fingerprint density at radius 3 is 2.40 bits per heavy atom. The molecule has 0 amide bonds.